The normalized spacial score (nSPS) is 14.4. The molecule has 0 saturated carbocycles. The van der Waals surface area contributed by atoms with E-state index in [2.05, 4.69) is 15.1 Å². The molecular weight excluding hydrogens is 485 g/mol. The SMILES string of the molecule is CC[C@@H](O)[C@@H](O)CCn1cc(-c2cnc3[nH]cc([C@H](CF)c4c(Cl)ccc(F)c4Cl)c3c2)cn1. The van der Waals surface area contributed by atoms with E-state index < -0.39 is 30.6 Å². The molecule has 0 unspecified atom stereocenters. The van der Waals surface area contributed by atoms with Gasteiger partial charge in [-0.3, -0.25) is 9.07 Å². The number of rotatable bonds is 9. The van der Waals surface area contributed by atoms with Crippen LogP contribution in [0.2, 0.25) is 10.0 Å². The van der Waals surface area contributed by atoms with Crippen molar-refractivity contribution in [2.75, 3.05) is 6.67 Å². The average Bonchev–Trinajstić information content (AvgIpc) is 3.49. The summed E-state index contributed by atoms with van der Waals surface area (Å²) in [5.41, 5.74) is 2.83. The first kappa shape index (κ1) is 24.6. The highest BCUT2D eigenvalue weighted by Crippen LogP contribution is 2.40. The van der Waals surface area contributed by atoms with Crippen LogP contribution in [0.15, 0.2) is 43.0 Å². The van der Waals surface area contributed by atoms with Crippen molar-refractivity contribution < 1.29 is 19.0 Å². The maximum Gasteiger partial charge on any atom is 0.142 e. The molecule has 0 saturated heterocycles. The van der Waals surface area contributed by atoms with Gasteiger partial charge in [-0.2, -0.15) is 5.10 Å². The minimum absolute atomic E-state index is 0.184. The highest BCUT2D eigenvalue weighted by Gasteiger charge is 2.25. The van der Waals surface area contributed by atoms with Crippen LogP contribution in [0.1, 0.15) is 36.8 Å². The summed E-state index contributed by atoms with van der Waals surface area (Å²) in [7, 11) is 0. The fraction of sp³-hybridized carbons (Fsp3) is 0.333. The van der Waals surface area contributed by atoms with Gasteiger partial charge in [0, 0.05) is 58.2 Å². The number of halogens is 4. The lowest BCUT2D eigenvalue weighted by Crippen LogP contribution is -2.26. The minimum Gasteiger partial charge on any atom is -0.390 e. The molecule has 0 aliphatic heterocycles. The van der Waals surface area contributed by atoms with Gasteiger partial charge in [-0.1, -0.05) is 30.1 Å². The molecule has 0 aliphatic carbocycles. The van der Waals surface area contributed by atoms with Crippen molar-refractivity contribution in [2.45, 2.75) is 44.4 Å². The molecule has 0 aliphatic rings. The average molecular weight is 509 g/mol. The zero-order valence-electron chi connectivity index (χ0n) is 18.3. The van der Waals surface area contributed by atoms with E-state index >= 15 is 0 Å². The summed E-state index contributed by atoms with van der Waals surface area (Å²) in [6, 6.07) is 4.37. The third-order valence-electron chi connectivity index (χ3n) is 6.00. The van der Waals surface area contributed by atoms with Crippen molar-refractivity contribution in [1.82, 2.24) is 19.7 Å². The van der Waals surface area contributed by atoms with Gasteiger partial charge in [0.1, 0.15) is 18.1 Å². The molecule has 180 valence electrons. The van der Waals surface area contributed by atoms with Gasteiger partial charge < -0.3 is 15.2 Å². The van der Waals surface area contributed by atoms with E-state index in [0.29, 0.717) is 36.0 Å². The van der Waals surface area contributed by atoms with Crippen molar-refractivity contribution >= 4 is 34.2 Å². The number of nitrogens with zero attached hydrogens (tertiary/aromatic N) is 3. The summed E-state index contributed by atoms with van der Waals surface area (Å²) in [6.45, 7) is 1.41. The van der Waals surface area contributed by atoms with Crippen LogP contribution in [0, 0.1) is 5.82 Å². The largest absolute Gasteiger partial charge is 0.390 e. The highest BCUT2D eigenvalue weighted by atomic mass is 35.5. The smallest absolute Gasteiger partial charge is 0.142 e. The summed E-state index contributed by atoms with van der Waals surface area (Å²) in [4.78, 5) is 7.47. The van der Waals surface area contributed by atoms with Crippen LogP contribution in [0.5, 0.6) is 0 Å². The second kappa shape index (κ2) is 10.4. The lowest BCUT2D eigenvalue weighted by atomic mass is 9.91. The Bertz CT molecular complexity index is 1290. The van der Waals surface area contributed by atoms with E-state index in [9.17, 15) is 19.0 Å². The second-order valence-electron chi connectivity index (χ2n) is 8.15. The van der Waals surface area contributed by atoms with Gasteiger partial charge in [-0.05, 0) is 36.6 Å². The van der Waals surface area contributed by atoms with Gasteiger partial charge in [-0.15, -0.1) is 0 Å². The number of hydrogen-bond acceptors (Lipinski definition) is 4. The van der Waals surface area contributed by atoms with Gasteiger partial charge in [0.25, 0.3) is 0 Å². The number of benzene rings is 1. The first-order chi connectivity index (χ1) is 16.3. The third-order valence-corrected chi connectivity index (χ3v) is 6.72. The Balaban J connectivity index is 1.65. The molecule has 6 nitrogen and oxygen atoms in total. The molecule has 0 radical (unpaired) electrons. The van der Waals surface area contributed by atoms with E-state index in [0.717, 1.165) is 17.2 Å². The summed E-state index contributed by atoms with van der Waals surface area (Å²) in [5, 5.41) is 24.7. The molecule has 0 fully saturated rings. The summed E-state index contributed by atoms with van der Waals surface area (Å²) in [6.07, 6.45) is 6.04. The van der Waals surface area contributed by atoms with Crippen molar-refractivity contribution in [1.29, 1.82) is 0 Å². The number of aliphatic hydroxyl groups excluding tert-OH is 2. The predicted molar refractivity (Wildman–Crippen MR) is 128 cm³/mol. The number of nitrogens with one attached hydrogen (secondary N) is 1. The Morgan fingerprint density at radius 3 is 2.68 bits per heavy atom. The van der Waals surface area contributed by atoms with E-state index in [4.69, 9.17) is 23.2 Å². The molecule has 4 rings (SSSR count). The third kappa shape index (κ3) is 4.81. The standard InChI is InChI=1S/C24H24Cl2F2N4O2/c1-2-20(33)21(34)5-6-32-12-14(10-31-32)13-7-15-17(11-30-24(15)29-9-13)16(8-27)22-18(25)3-4-19(28)23(22)26/h3-4,7,9-12,16,20-21,33-34H,2,5-6,8H2,1H3,(H,29,30)/t16-,20+,21-/m0/s1. The monoisotopic (exact) mass is 508 g/mol. The Morgan fingerprint density at radius 2 is 1.94 bits per heavy atom. The molecule has 0 amide bonds. The fourth-order valence-electron chi connectivity index (χ4n) is 4.01. The molecule has 3 N–H and O–H groups in total. The van der Waals surface area contributed by atoms with Gasteiger partial charge in [0.05, 0.1) is 23.4 Å². The van der Waals surface area contributed by atoms with Gasteiger partial charge >= 0.3 is 0 Å². The van der Waals surface area contributed by atoms with Gasteiger partial charge in [-0.25, -0.2) is 9.37 Å². The Kier molecular flexibility index (Phi) is 7.52. The zero-order valence-corrected chi connectivity index (χ0v) is 19.9. The van der Waals surface area contributed by atoms with Crippen LogP contribution in [0.4, 0.5) is 8.78 Å². The maximum atomic E-state index is 14.3. The molecule has 10 heteroatoms. The predicted octanol–water partition coefficient (Wildman–Crippen LogP) is 5.50. The second-order valence-corrected chi connectivity index (χ2v) is 8.94. The molecule has 0 spiro atoms. The Labute approximate surface area is 205 Å². The van der Waals surface area contributed by atoms with Crippen molar-refractivity contribution in [3.8, 4) is 11.1 Å². The van der Waals surface area contributed by atoms with E-state index in [1.807, 2.05) is 19.2 Å². The van der Waals surface area contributed by atoms with E-state index in [1.165, 1.54) is 6.07 Å². The number of aromatic nitrogens is 4. The molecule has 1 aromatic carbocycles. The van der Waals surface area contributed by atoms with Crippen molar-refractivity contribution in [3.63, 3.8) is 0 Å². The molecule has 34 heavy (non-hydrogen) atoms. The van der Waals surface area contributed by atoms with Crippen LogP contribution in [0.25, 0.3) is 22.2 Å². The van der Waals surface area contributed by atoms with Crippen LogP contribution >= 0.6 is 23.2 Å². The van der Waals surface area contributed by atoms with E-state index in [-0.39, 0.29) is 15.6 Å². The molecule has 0 bridgehead atoms. The molecular formula is C24H24Cl2F2N4O2. The summed E-state index contributed by atoms with van der Waals surface area (Å²) >= 11 is 12.4. The fourth-order valence-corrected chi connectivity index (χ4v) is 4.65. The lowest BCUT2D eigenvalue weighted by Gasteiger charge is -2.17. The Morgan fingerprint density at radius 1 is 1.15 bits per heavy atom. The van der Waals surface area contributed by atoms with E-state index in [1.54, 1.807) is 23.3 Å². The number of H-pyrrole nitrogens is 1. The van der Waals surface area contributed by atoms with Crippen LogP contribution in [-0.4, -0.2) is 48.8 Å². The first-order valence-electron chi connectivity index (χ1n) is 10.9. The highest BCUT2D eigenvalue weighted by molar-refractivity contribution is 6.36. The number of fused-ring (bicyclic) bond motifs is 1. The maximum absolute atomic E-state index is 14.3. The molecule has 4 aromatic rings. The van der Waals surface area contributed by atoms with Crippen LogP contribution in [-0.2, 0) is 6.54 Å². The molecule has 3 aromatic heterocycles. The van der Waals surface area contributed by atoms with Crippen molar-refractivity contribution in [3.05, 3.63) is 70.0 Å². The molecule has 3 heterocycles. The molecule has 3 atom stereocenters. The first-order valence-corrected chi connectivity index (χ1v) is 11.6. The van der Waals surface area contributed by atoms with Gasteiger partial charge in [0.2, 0.25) is 0 Å². The minimum atomic E-state index is -0.879. The number of alkyl halides is 1. The number of pyridine rings is 1. The number of aryl methyl sites for hydroxylation is 1. The number of aliphatic hydroxyl groups is 2. The summed E-state index contributed by atoms with van der Waals surface area (Å²) in [5.74, 6) is -1.54. The quantitative estimate of drug-likeness (QED) is 0.260. The number of hydrogen-bond donors (Lipinski definition) is 3. The topological polar surface area (TPSA) is 87.0 Å². The Hall–Kier alpha value is -2.52. The zero-order chi connectivity index (χ0) is 24.4. The van der Waals surface area contributed by atoms with Gasteiger partial charge in [0.15, 0.2) is 0 Å². The van der Waals surface area contributed by atoms with Crippen LogP contribution < -0.4 is 0 Å². The lowest BCUT2D eigenvalue weighted by molar-refractivity contribution is 0.00991. The number of aromatic amines is 1. The summed E-state index contributed by atoms with van der Waals surface area (Å²) < 4.78 is 30.0. The van der Waals surface area contributed by atoms with Crippen molar-refractivity contribution in [2.24, 2.45) is 0 Å². The van der Waals surface area contributed by atoms with Crippen LogP contribution in [0.3, 0.4) is 0 Å².